The van der Waals surface area contributed by atoms with Gasteiger partial charge in [-0.05, 0) is 28.3 Å². The van der Waals surface area contributed by atoms with Gasteiger partial charge in [0.15, 0.2) is 5.84 Å². The highest BCUT2D eigenvalue weighted by atomic mass is 31.1. The van der Waals surface area contributed by atoms with Crippen LogP contribution in [0, 0.1) is 5.82 Å². The van der Waals surface area contributed by atoms with Gasteiger partial charge in [0.25, 0.3) is 0 Å². The third kappa shape index (κ3) is 5.40. The van der Waals surface area contributed by atoms with Crippen LogP contribution in [0.2, 0.25) is 0 Å². The molecule has 0 fully saturated rings. The van der Waals surface area contributed by atoms with Crippen molar-refractivity contribution in [3.63, 3.8) is 0 Å². The van der Waals surface area contributed by atoms with Crippen molar-refractivity contribution >= 4 is 31.3 Å². The van der Waals surface area contributed by atoms with Crippen LogP contribution in [-0.2, 0) is 11.2 Å². The second-order valence-electron chi connectivity index (χ2n) is 5.28. The van der Waals surface area contributed by atoms with Crippen molar-refractivity contribution in [3.05, 3.63) is 71.2 Å². The van der Waals surface area contributed by atoms with Gasteiger partial charge in [-0.3, -0.25) is 4.79 Å². The van der Waals surface area contributed by atoms with Gasteiger partial charge in [0.2, 0.25) is 0 Å². The summed E-state index contributed by atoms with van der Waals surface area (Å²) in [5.74, 6) is -0.158. The summed E-state index contributed by atoms with van der Waals surface area (Å²) in [5.41, 5.74) is 15.6. The highest BCUT2D eigenvalue weighted by Crippen LogP contribution is 2.14. The number of hydrogen-bond acceptors (Lipinski definition) is 4. The average Bonchev–Trinajstić information content (AvgIpc) is 2.62. The second-order valence-corrected chi connectivity index (χ2v) is 6.69. The molecule has 1 atom stereocenters. The Morgan fingerprint density at radius 1 is 1.12 bits per heavy atom. The lowest BCUT2D eigenvalue weighted by atomic mass is 10.0. The monoisotopic (exact) mass is 358 g/mol. The van der Waals surface area contributed by atoms with Crippen LogP contribution < -0.4 is 27.5 Å². The summed E-state index contributed by atoms with van der Waals surface area (Å²) in [4.78, 5) is 11.3. The molecule has 130 valence electrons. The molecule has 0 saturated heterocycles. The SMILES string of the molecule is CNN=C(N)/C(N)=C(\C=O)Cc1ccc(Pc2ccc(F)cc2)cc1. The number of allylic oxidation sites excluding steroid dienone is 1. The van der Waals surface area contributed by atoms with Crippen LogP contribution in [-0.4, -0.2) is 19.2 Å². The van der Waals surface area contributed by atoms with E-state index in [0.717, 1.165) is 16.2 Å². The van der Waals surface area contributed by atoms with Crippen LogP contribution in [0.1, 0.15) is 5.56 Å². The zero-order valence-corrected chi connectivity index (χ0v) is 14.8. The Morgan fingerprint density at radius 3 is 2.20 bits per heavy atom. The molecular formula is C18H20FN4OP. The first-order valence-electron chi connectivity index (χ1n) is 7.59. The van der Waals surface area contributed by atoms with E-state index in [2.05, 4.69) is 10.5 Å². The number of nitrogens with two attached hydrogens (primary N) is 2. The van der Waals surface area contributed by atoms with Crippen molar-refractivity contribution in [2.45, 2.75) is 6.42 Å². The summed E-state index contributed by atoms with van der Waals surface area (Å²) in [6.45, 7) is 0. The Morgan fingerprint density at radius 2 is 1.68 bits per heavy atom. The molecule has 0 radical (unpaired) electrons. The van der Waals surface area contributed by atoms with Crippen LogP contribution >= 0.6 is 8.58 Å². The van der Waals surface area contributed by atoms with E-state index in [4.69, 9.17) is 11.5 Å². The first kappa shape index (κ1) is 18.6. The van der Waals surface area contributed by atoms with E-state index in [1.54, 1.807) is 19.2 Å². The van der Waals surface area contributed by atoms with Crippen LogP contribution in [0.5, 0.6) is 0 Å². The number of amidine groups is 1. The molecule has 2 rings (SSSR count). The number of hydrazone groups is 1. The smallest absolute Gasteiger partial charge is 0.166 e. The minimum absolute atomic E-state index is 0.0824. The van der Waals surface area contributed by atoms with Gasteiger partial charge in [0, 0.05) is 19.0 Å². The number of nitrogens with zero attached hydrogens (tertiary/aromatic N) is 1. The molecule has 0 aliphatic carbocycles. The molecule has 0 aliphatic rings. The van der Waals surface area contributed by atoms with Crippen LogP contribution in [0.3, 0.4) is 0 Å². The van der Waals surface area contributed by atoms with Crippen molar-refractivity contribution in [1.29, 1.82) is 0 Å². The third-order valence-corrected chi connectivity index (χ3v) is 4.72. The Bertz CT molecular complexity index is 786. The zero-order valence-electron chi connectivity index (χ0n) is 13.8. The number of hydrogen-bond donors (Lipinski definition) is 3. The van der Waals surface area contributed by atoms with Gasteiger partial charge >= 0.3 is 0 Å². The summed E-state index contributed by atoms with van der Waals surface area (Å²) >= 11 is 0. The highest BCUT2D eigenvalue weighted by Gasteiger charge is 2.08. The lowest BCUT2D eigenvalue weighted by Gasteiger charge is -2.08. The highest BCUT2D eigenvalue weighted by molar-refractivity contribution is 7.55. The predicted octanol–water partition coefficient (Wildman–Crippen LogP) is 0.901. The second kappa shape index (κ2) is 8.94. The number of carbonyl (C=O) groups is 1. The van der Waals surface area contributed by atoms with Gasteiger partial charge in [-0.2, -0.15) is 5.10 Å². The molecule has 0 amide bonds. The Kier molecular flexibility index (Phi) is 6.66. The molecule has 2 aromatic carbocycles. The molecule has 5 N–H and O–H groups in total. The minimum atomic E-state index is -0.240. The number of nitrogens with one attached hydrogen (secondary N) is 1. The first-order chi connectivity index (χ1) is 12.0. The Hall–Kier alpha value is -2.72. The van der Waals surface area contributed by atoms with Crippen LogP contribution in [0.15, 0.2) is 64.9 Å². The molecule has 0 aromatic heterocycles. The maximum atomic E-state index is 12.9. The number of halogens is 1. The lowest BCUT2D eigenvalue weighted by Crippen LogP contribution is -2.26. The molecule has 0 aliphatic heterocycles. The van der Waals surface area contributed by atoms with Gasteiger partial charge in [-0.1, -0.05) is 45.0 Å². The Balaban J connectivity index is 2.11. The number of aldehydes is 1. The first-order valence-corrected chi connectivity index (χ1v) is 8.59. The molecule has 0 heterocycles. The van der Waals surface area contributed by atoms with Gasteiger partial charge in [0.05, 0.1) is 5.70 Å². The van der Waals surface area contributed by atoms with E-state index in [9.17, 15) is 9.18 Å². The van der Waals surface area contributed by atoms with Gasteiger partial charge in [-0.15, -0.1) is 0 Å². The topological polar surface area (TPSA) is 93.5 Å². The fourth-order valence-electron chi connectivity index (χ4n) is 2.17. The predicted molar refractivity (Wildman–Crippen MR) is 102 cm³/mol. The number of benzene rings is 2. The largest absolute Gasteiger partial charge is 0.395 e. The van der Waals surface area contributed by atoms with Crippen molar-refractivity contribution in [2.75, 3.05) is 7.05 Å². The molecular weight excluding hydrogens is 338 g/mol. The number of carbonyl (C=O) groups excluding carboxylic acids is 1. The molecule has 1 unspecified atom stereocenters. The van der Waals surface area contributed by atoms with E-state index >= 15 is 0 Å². The normalized spacial score (nSPS) is 13.0. The molecule has 0 saturated carbocycles. The summed E-state index contributed by atoms with van der Waals surface area (Å²) in [6.07, 6.45) is 1.07. The van der Waals surface area contributed by atoms with E-state index in [1.165, 1.54) is 12.1 Å². The molecule has 0 bridgehead atoms. The molecule has 25 heavy (non-hydrogen) atoms. The minimum Gasteiger partial charge on any atom is -0.395 e. The van der Waals surface area contributed by atoms with Crippen molar-refractivity contribution in [2.24, 2.45) is 16.6 Å². The molecule has 5 nitrogen and oxygen atoms in total. The van der Waals surface area contributed by atoms with Crippen molar-refractivity contribution in [1.82, 2.24) is 5.43 Å². The molecule has 7 heteroatoms. The summed E-state index contributed by atoms with van der Waals surface area (Å²) in [5, 5.41) is 5.96. The Labute approximate surface area is 147 Å². The van der Waals surface area contributed by atoms with E-state index in [0.29, 0.717) is 26.9 Å². The summed E-state index contributed by atoms with van der Waals surface area (Å²) in [6, 6.07) is 14.3. The standard InChI is InChI=1S/C18H20FN4OP/c1-22-23-18(21)17(20)13(11-24)10-12-2-6-15(7-3-12)25-16-8-4-14(19)5-9-16/h2-9,11,22,25H,10,20H2,1H3,(H2,21,23)/b17-13+. The fourth-order valence-corrected chi connectivity index (χ4v) is 3.17. The van der Waals surface area contributed by atoms with E-state index in [1.807, 2.05) is 24.3 Å². The van der Waals surface area contributed by atoms with Gasteiger partial charge < -0.3 is 16.9 Å². The van der Waals surface area contributed by atoms with E-state index < -0.39 is 0 Å². The maximum absolute atomic E-state index is 12.9. The van der Waals surface area contributed by atoms with Gasteiger partial charge in [0.1, 0.15) is 12.1 Å². The van der Waals surface area contributed by atoms with Crippen LogP contribution in [0.4, 0.5) is 4.39 Å². The van der Waals surface area contributed by atoms with Gasteiger partial charge in [-0.25, -0.2) is 4.39 Å². The van der Waals surface area contributed by atoms with E-state index in [-0.39, 0.29) is 17.3 Å². The molecule has 0 spiro atoms. The zero-order chi connectivity index (χ0) is 18.2. The molecule has 2 aromatic rings. The maximum Gasteiger partial charge on any atom is 0.166 e. The average molecular weight is 358 g/mol. The van der Waals surface area contributed by atoms with Crippen LogP contribution in [0.25, 0.3) is 0 Å². The quantitative estimate of drug-likeness (QED) is 0.171. The lowest BCUT2D eigenvalue weighted by molar-refractivity contribution is -0.105. The third-order valence-electron chi connectivity index (χ3n) is 3.48. The summed E-state index contributed by atoms with van der Waals surface area (Å²) < 4.78 is 12.9. The fraction of sp³-hybridized carbons (Fsp3) is 0.111. The van der Waals surface area contributed by atoms with Crippen molar-refractivity contribution in [3.8, 4) is 0 Å². The summed E-state index contributed by atoms with van der Waals surface area (Å²) in [7, 11) is 2.04. The van der Waals surface area contributed by atoms with Crippen molar-refractivity contribution < 1.29 is 9.18 Å². The number of rotatable bonds is 7.